The number of fused-ring (bicyclic) bond motifs is 1. The standard InChI is InChI=1S/C27H31ClN2O3/c1-5-23(26(32)29-27(2,3)4)30(17-20-12-7-9-15-22(20)28)25(31)18-33-24-16-10-13-19-11-6-8-14-21(19)24/h6-16,23H,5,17-18H2,1-4H3,(H,29,32). The van der Waals surface area contributed by atoms with Crippen LogP contribution in [0.4, 0.5) is 0 Å². The average molecular weight is 467 g/mol. The molecule has 0 aliphatic carbocycles. The molecule has 1 atom stereocenters. The van der Waals surface area contributed by atoms with Gasteiger partial charge in [0.2, 0.25) is 5.91 Å². The average Bonchev–Trinajstić information content (AvgIpc) is 2.77. The number of benzene rings is 3. The highest BCUT2D eigenvalue weighted by Gasteiger charge is 2.31. The molecule has 3 aromatic rings. The highest BCUT2D eigenvalue weighted by Crippen LogP contribution is 2.26. The van der Waals surface area contributed by atoms with Crippen LogP contribution in [-0.4, -0.2) is 34.9 Å². The summed E-state index contributed by atoms with van der Waals surface area (Å²) in [5, 5.41) is 5.52. The summed E-state index contributed by atoms with van der Waals surface area (Å²) in [6.07, 6.45) is 0.465. The summed E-state index contributed by atoms with van der Waals surface area (Å²) in [4.78, 5) is 28.1. The molecule has 0 aliphatic rings. The van der Waals surface area contributed by atoms with Gasteiger partial charge in [0.25, 0.3) is 5.91 Å². The smallest absolute Gasteiger partial charge is 0.261 e. The van der Waals surface area contributed by atoms with E-state index in [2.05, 4.69) is 5.32 Å². The Kier molecular flexibility index (Phi) is 7.98. The van der Waals surface area contributed by atoms with Gasteiger partial charge in [0.05, 0.1) is 0 Å². The maximum Gasteiger partial charge on any atom is 0.261 e. The first kappa shape index (κ1) is 24.6. The van der Waals surface area contributed by atoms with E-state index in [0.29, 0.717) is 17.2 Å². The maximum absolute atomic E-state index is 13.4. The first-order valence-electron chi connectivity index (χ1n) is 11.1. The predicted octanol–water partition coefficient (Wildman–Crippen LogP) is 5.59. The van der Waals surface area contributed by atoms with Gasteiger partial charge in [-0.2, -0.15) is 0 Å². The molecular formula is C27H31ClN2O3. The normalized spacial score (nSPS) is 12.3. The second-order valence-corrected chi connectivity index (χ2v) is 9.45. The first-order chi connectivity index (χ1) is 15.7. The van der Waals surface area contributed by atoms with E-state index < -0.39 is 11.6 Å². The molecule has 33 heavy (non-hydrogen) atoms. The molecule has 5 nitrogen and oxygen atoms in total. The van der Waals surface area contributed by atoms with Crippen LogP contribution in [0.15, 0.2) is 66.7 Å². The molecule has 0 saturated carbocycles. The number of amides is 2. The molecule has 3 aromatic carbocycles. The predicted molar refractivity (Wildman–Crippen MR) is 133 cm³/mol. The molecule has 0 saturated heterocycles. The fourth-order valence-corrected chi connectivity index (χ4v) is 3.92. The van der Waals surface area contributed by atoms with Crippen molar-refractivity contribution in [3.05, 3.63) is 77.3 Å². The third-order valence-corrected chi connectivity index (χ3v) is 5.65. The molecule has 0 fully saturated rings. The van der Waals surface area contributed by atoms with Crippen LogP contribution in [0.25, 0.3) is 10.8 Å². The molecular weight excluding hydrogens is 436 g/mol. The Hall–Kier alpha value is -3.05. The van der Waals surface area contributed by atoms with Crippen LogP contribution in [0.1, 0.15) is 39.7 Å². The van der Waals surface area contributed by atoms with E-state index in [4.69, 9.17) is 16.3 Å². The van der Waals surface area contributed by atoms with Crippen molar-refractivity contribution in [3.63, 3.8) is 0 Å². The Morgan fingerprint density at radius 1 is 1.00 bits per heavy atom. The number of carbonyl (C=O) groups excluding carboxylic acids is 2. The zero-order valence-corrected chi connectivity index (χ0v) is 20.4. The number of nitrogens with zero attached hydrogens (tertiary/aromatic N) is 1. The van der Waals surface area contributed by atoms with Crippen molar-refractivity contribution < 1.29 is 14.3 Å². The number of hydrogen-bond acceptors (Lipinski definition) is 3. The maximum atomic E-state index is 13.4. The minimum absolute atomic E-state index is 0.183. The molecule has 3 rings (SSSR count). The summed E-state index contributed by atoms with van der Waals surface area (Å²) < 4.78 is 5.95. The lowest BCUT2D eigenvalue weighted by molar-refractivity contribution is -0.143. The topological polar surface area (TPSA) is 58.6 Å². The van der Waals surface area contributed by atoms with Crippen molar-refractivity contribution in [3.8, 4) is 5.75 Å². The lowest BCUT2D eigenvalue weighted by atomic mass is 10.1. The van der Waals surface area contributed by atoms with Crippen LogP contribution in [-0.2, 0) is 16.1 Å². The van der Waals surface area contributed by atoms with Gasteiger partial charge in [0.1, 0.15) is 11.8 Å². The zero-order chi connectivity index (χ0) is 24.0. The van der Waals surface area contributed by atoms with Gasteiger partial charge in [0.15, 0.2) is 6.61 Å². The third kappa shape index (κ3) is 6.48. The Morgan fingerprint density at radius 2 is 1.67 bits per heavy atom. The lowest BCUT2D eigenvalue weighted by Gasteiger charge is -2.33. The van der Waals surface area contributed by atoms with E-state index in [1.54, 1.807) is 11.0 Å². The fourth-order valence-electron chi connectivity index (χ4n) is 3.73. The molecule has 0 radical (unpaired) electrons. The Balaban J connectivity index is 1.86. The second kappa shape index (κ2) is 10.7. The van der Waals surface area contributed by atoms with Crippen molar-refractivity contribution in [2.24, 2.45) is 0 Å². The summed E-state index contributed by atoms with van der Waals surface area (Å²) in [6, 6.07) is 20.3. The van der Waals surface area contributed by atoms with Crippen LogP contribution in [0.5, 0.6) is 5.75 Å². The quantitative estimate of drug-likeness (QED) is 0.470. The highest BCUT2D eigenvalue weighted by atomic mass is 35.5. The summed E-state index contributed by atoms with van der Waals surface area (Å²) in [5.74, 6) is 0.153. The van der Waals surface area contributed by atoms with Crippen molar-refractivity contribution in [2.45, 2.75) is 52.2 Å². The van der Waals surface area contributed by atoms with Crippen molar-refractivity contribution in [1.29, 1.82) is 0 Å². The Labute approximate surface area is 200 Å². The SMILES string of the molecule is CCC(C(=O)NC(C)(C)C)N(Cc1ccccc1Cl)C(=O)COc1cccc2ccccc12. The van der Waals surface area contributed by atoms with Gasteiger partial charge >= 0.3 is 0 Å². The van der Waals surface area contributed by atoms with Crippen molar-refractivity contribution in [2.75, 3.05) is 6.61 Å². The molecule has 0 spiro atoms. The summed E-state index contributed by atoms with van der Waals surface area (Å²) >= 11 is 6.38. The van der Waals surface area contributed by atoms with Gasteiger partial charge in [-0.15, -0.1) is 0 Å². The number of carbonyl (C=O) groups is 2. The molecule has 2 amide bonds. The van der Waals surface area contributed by atoms with Gasteiger partial charge < -0.3 is 15.0 Å². The van der Waals surface area contributed by atoms with Gasteiger partial charge in [0, 0.05) is 22.5 Å². The van der Waals surface area contributed by atoms with E-state index >= 15 is 0 Å². The molecule has 1 N–H and O–H groups in total. The molecule has 0 aromatic heterocycles. The van der Waals surface area contributed by atoms with E-state index in [9.17, 15) is 9.59 Å². The lowest BCUT2D eigenvalue weighted by Crippen LogP contribution is -2.54. The number of rotatable bonds is 8. The van der Waals surface area contributed by atoms with Crippen molar-refractivity contribution >= 4 is 34.2 Å². The zero-order valence-electron chi connectivity index (χ0n) is 19.6. The van der Waals surface area contributed by atoms with Gasteiger partial charge in [-0.25, -0.2) is 0 Å². The fraction of sp³-hybridized carbons (Fsp3) is 0.333. The van der Waals surface area contributed by atoms with Crippen LogP contribution in [0.2, 0.25) is 5.02 Å². The van der Waals surface area contributed by atoms with E-state index in [1.165, 1.54) is 0 Å². The van der Waals surface area contributed by atoms with Gasteiger partial charge in [-0.1, -0.05) is 73.1 Å². The molecule has 174 valence electrons. The third-order valence-electron chi connectivity index (χ3n) is 5.28. The second-order valence-electron chi connectivity index (χ2n) is 9.04. The van der Waals surface area contributed by atoms with Crippen molar-refractivity contribution in [1.82, 2.24) is 10.2 Å². The number of ether oxygens (including phenoxy) is 1. The number of hydrogen-bond donors (Lipinski definition) is 1. The molecule has 0 aliphatic heterocycles. The summed E-state index contributed by atoms with van der Waals surface area (Å²) in [6.45, 7) is 7.68. The van der Waals surface area contributed by atoms with Crippen LogP contribution >= 0.6 is 11.6 Å². The molecule has 6 heteroatoms. The summed E-state index contributed by atoms with van der Waals surface area (Å²) in [5.41, 5.74) is 0.364. The van der Waals surface area contributed by atoms with E-state index in [0.717, 1.165) is 16.3 Å². The monoisotopic (exact) mass is 466 g/mol. The van der Waals surface area contributed by atoms with Gasteiger partial charge in [-0.3, -0.25) is 9.59 Å². The van der Waals surface area contributed by atoms with Crippen LogP contribution in [0.3, 0.4) is 0 Å². The molecule has 0 heterocycles. The molecule has 1 unspecified atom stereocenters. The van der Waals surface area contributed by atoms with E-state index in [-0.39, 0.29) is 25.0 Å². The number of nitrogens with one attached hydrogen (secondary N) is 1. The minimum atomic E-state index is -0.649. The molecule has 0 bridgehead atoms. The first-order valence-corrected chi connectivity index (χ1v) is 11.5. The Bertz CT molecular complexity index is 1120. The Morgan fingerprint density at radius 3 is 2.36 bits per heavy atom. The van der Waals surface area contributed by atoms with Gasteiger partial charge in [-0.05, 0) is 50.3 Å². The largest absolute Gasteiger partial charge is 0.483 e. The summed E-state index contributed by atoms with van der Waals surface area (Å²) in [7, 11) is 0. The number of halogens is 1. The van der Waals surface area contributed by atoms with E-state index in [1.807, 2.05) is 88.4 Å². The van der Waals surface area contributed by atoms with Crippen LogP contribution < -0.4 is 10.1 Å². The van der Waals surface area contributed by atoms with Crippen LogP contribution in [0, 0.1) is 0 Å². The minimum Gasteiger partial charge on any atom is -0.483 e. The highest BCUT2D eigenvalue weighted by molar-refractivity contribution is 6.31.